The molecule has 3 heteroatoms. The van der Waals surface area contributed by atoms with Crippen molar-refractivity contribution in [3.05, 3.63) is 70.8 Å². The molecule has 3 nitrogen and oxygen atoms in total. The van der Waals surface area contributed by atoms with Crippen molar-refractivity contribution < 1.29 is 14.3 Å². The van der Waals surface area contributed by atoms with E-state index in [2.05, 4.69) is 0 Å². The molecular formula is C19H20O3. The van der Waals surface area contributed by atoms with Crippen LogP contribution in [0.1, 0.15) is 33.5 Å². The molecule has 0 atom stereocenters. The van der Waals surface area contributed by atoms with Crippen molar-refractivity contribution in [2.75, 3.05) is 6.61 Å². The number of ketones is 1. The molecule has 0 saturated carbocycles. The number of carbonyl (C=O) groups excluding carboxylic acids is 2. The van der Waals surface area contributed by atoms with Crippen molar-refractivity contribution in [3.8, 4) is 0 Å². The molecule has 0 aliphatic heterocycles. The summed E-state index contributed by atoms with van der Waals surface area (Å²) in [6, 6.07) is 15.2. The van der Waals surface area contributed by atoms with Crippen LogP contribution in [-0.2, 0) is 16.0 Å². The predicted molar refractivity (Wildman–Crippen MR) is 86.0 cm³/mol. The van der Waals surface area contributed by atoms with Crippen LogP contribution in [0, 0.1) is 13.8 Å². The minimum atomic E-state index is -0.346. The first-order valence-corrected chi connectivity index (χ1v) is 7.36. The molecule has 0 unspecified atom stereocenters. The SMILES string of the molecule is Cc1ccc(C(=O)COC(=O)CCc2ccccc2)cc1C. The van der Waals surface area contributed by atoms with Gasteiger partial charge in [-0.3, -0.25) is 9.59 Å². The molecule has 2 aromatic carbocycles. The largest absolute Gasteiger partial charge is 0.457 e. The van der Waals surface area contributed by atoms with Crippen molar-refractivity contribution in [2.45, 2.75) is 26.7 Å². The molecule has 2 aromatic rings. The average molecular weight is 296 g/mol. The first-order chi connectivity index (χ1) is 10.6. The molecule has 0 aliphatic rings. The zero-order valence-electron chi connectivity index (χ0n) is 13.0. The third kappa shape index (κ3) is 4.55. The summed E-state index contributed by atoms with van der Waals surface area (Å²) < 4.78 is 5.06. The zero-order chi connectivity index (χ0) is 15.9. The van der Waals surface area contributed by atoms with E-state index in [4.69, 9.17) is 4.74 Å². The Kier molecular flexibility index (Phi) is 5.48. The minimum Gasteiger partial charge on any atom is -0.457 e. The van der Waals surface area contributed by atoms with Crippen LogP contribution in [0.25, 0.3) is 0 Å². The lowest BCUT2D eigenvalue weighted by Gasteiger charge is -2.06. The number of benzene rings is 2. The molecule has 0 fully saturated rings. The van der Waals surface area contributed by atoms with Gasteiger partial charge < -0.3 is 4.74 Å². The van der Waals surface area contributed by atoms with E-state index in [1.54, 1.807) is 6.07 Å². The Morgan fingerprint density at radius 2 is 1.68 bits per heavy atom. The Morgan fingerprint density at radius 1 is 0.955 bits per heavy atom. The Labute approximate surface area is 130 Å². The zero-order valence-corrected chi connectivity index (χ0v) is 13.0. The Balaban J connectivity index is 1.80. The normalized spacial score (nSPS) is 10.3. The topological polar surface area (TPSA) is 43.4 Å². The quantitative estimate of drug-likeness (QED) is 0.603. The van der Waals surface area contributed by atoms with Gasteiger partial charge in [0.1, 0.15) is 0 Å². The first-order valence-electron chi connectivity index (χ1n) is 7.36. The van der Waals surface area contributed by atoms with E-state index < -0.39 is 0 Å². The van der Waals surface area contributed by atoms with Gasteiger partial charge in [-0.25, -0.2) is 0 Å². The van der Waals surface area contributed by atoms with Gasteiger partial charge in [0.25, 0.3) is 0 Å². The van der Waals surface area contributed by atoms with Crippen molar-refractivity contribution in [1.82, 2.24) is 0 Å². The summed E-state index contributed by atoms with van der Waals surface area (Å²) in [5.41, 5.74) is 3.86. The molecule has 0 aromatic heterocycles. The van der Waals surface area contributed by atoms with Gasteiger partial charge in [-0.2, -0.15) is 0 Å². The van der Waals surface area contributed by atoms with E-state index in [9.17, 15) is 9.59 Å². The number of carbonyl (C=O) groups is 2. The number of hydrogen-bond donors (Lipinski definition) is 0. The highest BCUT2D eigenvalue weighted by Gasteiger charge is 2.10. The molecule has 0 spiro atoms. The number of Topliss-reactive ketones (excluding diaryl/α,β-unsaturated/α-hetero) is 1. The molecule has 114 valence electrons. The summed E-state index contributed by atoms with van der Waals surface area (Å²) in [6.07, 6.45) is 0.904. The molecule has 0 saturated heterocycles. The van der Waals surface area contributed by atoms with Gasteiger partial charge in [0.15, 0.2) is 12.4 Å². The number of hydrogen-bond acceptors (Lipinski definition) is 3. The van der Waals surface area contributed by atoms with Crippen LogP contribution in [0.15, 0.2) is 48.5 Å². The smallest absolute Gasteiger partial charge is 0.306 e. The second-order valence-corrected chi connectivity index (χ2v) is 5.37. The van der Waals surface area contributed by atoms with Crippen LogP contribution in [0.5, 0.6) is 0 Å². The van der Waals surface area contributed by atoms with Crippen molar-refractivity contribution in [3.63, 3.8) is 0 Å². The van der Waals surface area contributed by atoms with Crippen molar-refractivity contribution in [1.29, 1.82) is 0 Å². The fourth-order valence-corrected chi connectivity index (χ4v) is 2.11. The van der Waals surface area contributed by atoms with Gasteiger partial charge in [-0.05, 0) is 43.0 Å². The molecule has 0 radical (unpaired) electrons. The molecule has 0 bridgehead atoms. The lowest BCUT2D eigenvalue weighted by Crippen LogP contribution is -2.14. The minimum absolute atomic E-state index is 0.170. The van der Waals surface area contributed by atoms with E-state index in [1.165, 1.54) is 0 Å². The summed E-state index contributed by atoms with van der Waals surface area (Å²) in [5.74, 6) is -0.516. The molecule has 0 heterocycles. The fraction of sp³-hybridized carbons (Fsp3) is 0.263. The van der Waals surface area contributed by atoms with Crippen molar-refractivity contribution >= 4 is 11.8 Å². The van der Waals surface area contributed by atoms with Crippen LogP contribution in [0.2, 0.25) is 0 Å². The van der Waals surface area contributed by atoms with E-state index in [1.807, 2.05) is 56.3 Å². The number of esters is 1. The Bertz CT molecular complexity index is 660. The summed E-state index contributed by atoms with van der Waals surface area (Å²) in [5, 5.41) is 0. The maximum Gasteiger partial charge on any atom is 0.306 e. The third-order valence-electron chi connectivity index (χ3n) is 3.65. The average Bonchev–Trinajstić information content (AvgIpc) is 2.54. The third-order valence-corrected chi connectivity index (χ3v) is 3.65. The highest BCUT2D eigenvalue weighted by Crippen LogP contribution is 2.11. The monoisotopic (exact) mass is 296 g/mol. The fourth-order valence-electron chi connectivity index (χ4n) is 2.11. The van der Waals surface area contributed by atoms with Gasteiger partial charge >= 0.3 is 5.97 Å². The summed E-state index contributed by atoms with van der Waals surface area (Å²) in [7, 11) is 0. The summed E-state index contributed by atoms with van der Waals surface area (Å²) in [4.78, 5) is 23.7. The van der Waals surface area contributed by atoms with E-state index >= 15 is 0 Å². The van der Waals surface area contributed by atoms with Crippen LogP contribution >= 0.6 is 0 Å². The lowest BCUT2D eigenvalue weighted by molar-refractivity contribution is -0.142. The standard InChI is InChI=1S/C19H20O3/c1-14-8-10-17(12-15(14)2)18(20)13-22-19(21)11-9-16-6-4-3-5-7-16/h3-8,10,12H,9,11,13H2,1-2H3. The molecule has 22 heavy (non-hydrogen) atoms. The Hall–Kier alpha value is -2.42. The highest BCUT2D eigenvalue weighted by atomic mass is 16.5. The van der Waals surface area contributed by atoms with E-state index in [0.29, 0.717) is 12.0 Å². The summed E-state index contributed by atoms with van der Waals surface area (Å²) >= 11 is 0. The first kappa shape index (κ1) is 16.0. The highest BCUT2D eigenvalue weighted by molar-refractivity contribution is 5.98. The van der Waals surface area contributed by atoms with Gasteiger partial charge in [-0.15, -0.1) is 0 Å². The molecule has 0 aliphatic carbocycles. The summed E-state index contributed by atoms with van der Waals surface area (Å²) in [6.45, 7) is 3.75. The second kappa shape index (κ2) is 7.55. The maximum absolute atomic E-state index is 12.0. The van der Waals surface area contributed by atoms with Gasteiger partial charge in [0, 0.05) is 12.0 Å². The van der Waals surface area contributed by atoms with Crippen LogP contribution < -0.4 is 0 Å². The predicted octanol–water partition coefficient (Wildman–Crippen LogP) is 3.66. The van der Waals surface area contributed by atoms with Gasteiger partial charge in [0.05, 0.1) is 0 Å². The van der Waals surface area contributed by atoms with Gasteiger partial charge in [0.2, 0.25) is 0 Å². The van der Waals surface area contributed by atoms with Crippen LogP contribution in [0.3, 0.4) is 0 Å². The lowest BCUT2D eigenvalue weighted by atomic mass is 10.0. The maximum atomic E-state index is 12.0. The number of aryl methyl sites for hydroxylation is 3. The molecule has 2 rings (SSSR count). The number of ether oxygens (including phenoxy) is 1. The molecular weight excluding hydrogens is 276 g/mol. The molecule has 0 amide bonds. The van der Waals surface area contributed by atoms with Gasteiger partial charge in [-0.1, -0.05) is 42.5 Å². The van der Waals surface area contributed by atoms with Crippen LogP contribution in [-0.4, -0.2) is 18.4 Å². The van der Waals surface area contributed by atoms with Crippen molar-refractivity contribution in [2.24, 2.45) is 0 Å². The van der Waals surface area contributed by atoms with E-state index in [0.717, 1.165) is 16.7 Å². The van der Waals surface area contributed by atoms with Crippen LogP contribution in [0.4, 0.5) is 0 Å². The number of rotatable bonds is 6. The second-order valence-electron chi connectivity index (χ2n) is 5.37. The molecule has 0 N–H and O–H groups in total. The van der Waals surface area contributed by atoms with E-state index in [-0.39, 0.29) is 24.8 Å². The Morgan fingerprint density at radius 3 is 2.36 bits per heavy atom.